The van der Waals surface area contributed by atoms with Gasteiger partial charge in [-0.2, -0.15) is 0 Å². The van der Waals surface area contributed by atoms with Crippen molar-refractivity contribution >= 4 is 30.7 Å². The van der Waals surface area contributed by atoms with Gasteiger partial charge in [-0.25, -0.2) is 4.39 Å². The number of hydrogen-bond donors (Lipinski definition) is 1. The normalized spacial score (nSPS) is 18.6. The molecule has 0 saturated carbocycles. The van der Waals surface area contributed by atoms with Crippen molar-refractivity contribution in [3.63, 3.8) is 0 Å². The number of amides is 1. The number of pyridine rings is 1. The zero-order chi connectivity index (χ0) is 11.5. The maximum atomic E-state index is 12.9. The Morgan fingerprint density at radius 2 is 2.22 bits per heavy atom. The lowest BCUT2D eigenvalue weighted by atomic mass is 10.2. The molecule has 1 saturated heterocycles. The monoisotopic (exact) mass is 295 g/mol. The molecule has 1 aromatic heterocycles. The van der Waals surface area contributed by atoms with Crippen molar-refractivity contribution in [2.75, 3.05) is 19.6 Å². The maximum absolute atomic E-state index is 12.9. The number of rotatable bonds is 1. The van der Waals surface area contributed by atoms with Crippen molar-refractivity contribution in [2.24, 2.45) is 0 Å². The van der Waals surface area contributed by atoms with Gasteiger partial charge in [0.25, 0.3) is 5.91 Å². The minimum absolute atomic E-state index is 0. The second-order valence-corrected chi connectivity index (χ2v) is 4.00. The SMILES string of the molecule is C[C@@H]1CN(C(=O)c2cncc(F)c2)CCN1.Cl.Cl. The van der Waals surface area contributed by atoms with Gasteiger partial charge in [0.2, 0.25) is 0 Å². The summed E-state index contributed by atoms with van der Waals surface area (Å²) in [5, 5.41) is 3.25. The molecule has 1 fully saturated rings. The number of nitrogens with one attached hydrogen (secondary N) is 1. The third-order valence-electron chi connectivity index (χ3n) is 2.61. The van der Waals surface area contributed by atoms with Crippen LogP contribution in [0.3, 0.4) is 0 Å². The van der Waals surface area contributed by atoms with Crippen molar-refractivity contribution in [2.45, 2.75) is 13.0 Å². The molecule has 1 atom stereocenters. The van der Waals surface area contributed by atoms with Gasteiger partial charge in [0, 0.05) is 31.9 Å². The first-order chi connectivity index (χ1) is 7.66. The lowest BCUT2D eigenvalue weighted by Gasteiger charge is -2.31. The molecule has 102 valence electrons. The van der Waals surface area contributed by atoms with Gasteiger partial charge < -0.3 is 10.2 Å². The van der Waals surface area contributed by atoms with Gasteiger partial charge in [-0.05, 0) is 13.0 Å². The molecule has 0 bridgehead atoms. The van der Waals surface area contributed by atoms with Crippen LogP contribution < -0.4 is 5.32 Å². The van der Waals surface area contributed by atoms with Crippen LogP contribution in [0.1, 0.15) is 17.3 Å². The van der Waals surface area contributed by atoms with Crippen LogP contribution in [0.15, 0.2) is 18.5 Å². The molecule has 1 aliphatic heterocycles. The summed E-state index contributed by atoms with van der Waals surface area (Å²) >= 11 is 0. The summed E-state index contributed by atoms with van der Waals surface area (Å²) in [6.07, 6.45) is 2.50. The number of halogens is 3. The molecular weight excluding hydrogens is 280 g/mol. The zero-order valence-electron chi connectivity index (χ0n) is 9.93. The molecule has 0 unspecified atom stereocenters. The van der Waals surface area contributed by atoms with E-state index in [0.29, 0.717) is 18.7 Å². The van der Waals surface area contributed by atoms with Crippen LogP contribution >= 0.6 is 24.8 Å². The summed E-state index contributed by atoms with van der Waals surface area (Å²) in [6.45, 7) is 4.09. The van der Waals surface area contributed by atoms with Crippen LogP contribution in [0.5, 0.6) is 0 Å². The van der Waals surface area contributed by atoms with Crippen molar-refractivity contribution < 1.29 is 9.18 Å². The van der Waals surface area contributed by atoms with Gasteiger partial charge in [-0.15, -0.1) is 24.8 Å². The lowest BCUT2D eigenvalue weighted by Crippen LogP contribution is -2.51. The van der Waals surface area contributed by atoms with E-state index in [1.807, 2.05) is 6.92 Å². The third kappa shape index (κ3) is 4.08. The Morgan fingerprint density at radius 1 is 1.50 bits per heavy atom. The second kappa shape index (κ2) is 7.51. The third-order valence-corrected chi connectivity index (χ3v) is 2.61. The Hall–Kier alpha value is -0.910. The largest absolute Gasteiger partial charge is 0.336 e. The Balaban J connectivity index is 0.00000144. The standard InChI is InChI=1S/C11H14FN3O.2ClH/c1-8-7-15(3-2-14-8)11(16)9-4-10(12)6-13-5-9;;/h4-6,8,14H,2-3,7H2,1H3;2*1H/t8-;;/m1../s1. The van der Waals surface area contributed by atoms with E-state index >= 15 is 0 Å². The summed E-state index contributed by atoms with van der Waals surface area (Å²) in [5.41, 5.74) is 0.314. The first-order valence-electron chi connectivity index (χ1n) is 5.30. The molecule has 0 aromatic carbocycles. The van der Waals surface area contributed by atoms with Crippen LogP contribution in [0.25, 0.3) is 0 Å². The summed E-state index contributed by atoms with van der Waals surface area (Å²) in [7, 11) is 0. The van der Waals surface area contributed by atoms with E-state index in [1.54, 1.807) is 4.90 Å². The van der Waals surface area contributed by atoms with Gasteiger partial charge in [0.15, 0.2) is 0 Å². The molecule has 1 aliphatic rings. The number of carbonyl (C=O) groups is 1. The van der Waals surface area contributed by atoms with E-state index in [1.165, 1.54) is 12.3 Å². The molecule has 1 N–H and O–H groups in total. The number of piperazine rings is 1. The highest BCUT2D eigenvalue weighted by atomic mass is 35.5. The molecule has 18 heavy (non-hydrogen) atoms. The topological polar surface area (TPSA) is 45.2 Å². The highest BCUT2D eigenvalue weighted by molar-refractivity contribution is 5.94. The van der Waals surface area contributed by atoms with E-state index in [-0.39, 0.29) is 36.8 Å². The molecule has 0 spiro atoms. The van der Waals surface area contributed by atoms with Crippen LogP contribution in [0.4, 0.5) is 4.39 Å². The minimum atomic E-state index is -0.478. The first kappa shape index (κ1) is 17.1. The predicted molar refractivity (Wildman–Crippen MR) is 72.1 cm³/mol. The van der Waals surface area contributed by atoms with Crippen LogP contribution in [-0.2, 0) is 0 Å². The van der Waals surface area contributed by atoms with Gasteiger partial charge in [-0.1, -0.05) is 0 Å². The maximum Gasteiger partial charge on any atom is 0.255 e. The van der Waals surface area contributed by atoms with E-state index in [4.69, 9.17) is 0 Å². The van der Waals surface area contributed by atoms with Crippen LogP contribution in [-0.4, -0.2) is 41.5 Å². The van der Waals surface area contributed by atoms with Crippen molar-refractivity contribution in [1.82, 2.24) is 15.2 Å². The average Bonchev–Trinajstić information content (AvgIpc) is 2.28. The number of hydrogen-bond acceptors (Lipinski definition) is 3. The molecule has 1 amide bonds. The highest BCUT2D eigenvalue weighted by Crippen LogP contribution is 2.08. The van der Waals surface area contributed by atoms with Crippen molar-refractivity contribution in [3.05, 3.63) is 29.8 Å². The average molecular weight is 296 g/mol. The molecule has 2 heterocycles. The predicted octanol–water partition coefficient (Wildman–Crippen LogP) is 1.50. The summed E-state index contributed by atoms with van der Waals surface area (Å²) in [4.78, 5) is 17.4. The van der Waals surface area contributed by atoms with Gasteiger partial charge in [-0.3, -0.25) is 9.78 Å². The Labute approximate surface area is 118 Å². The van der Waals surface area contributed by atoms with Crippen LogP contribution in [0, 0.1) is 5.82 Å². The van der Waals surface area contributed by atoms with Crippen LogP contribution in [0.2, 0.25) is 0 Å². The zero-order valence-corrected chi connectivity index (χ0v) is 11.6. The molecule has 4 nitrogen and oxygen atoms in total. The molecule has 7 heteroatoms. The summed E-state index contributed by atoms with van der Waals surface area (Å²) in [6, 6.07) is 1.50. The molecule has 0 radical (unpaired) electrons. The molecule has 0 aliphatic carbocycles. The first-order valence-corrected chi connectivity index (χ1v) is 5.30. The Morgan fingerprint density at radius 3 is 2.83 bits per heavy atom. The summed E-state index contributed by atoms with van der Waals surface area (Å²) < 4.78 is 12.9. The van der Waals surface area contributed by atoms with Crippen molar-refractivity contribution in [1.29, 1.82) is 0 Å². The number of carbonyl (C=O) groups excluding carboxylic acids is 1. The van der Waals surface area contributed by atoms with E-state index < -0.39 is 5.82 Å². The molecule has 2 rings (SSSR count). The van der Waals surface area contributed by atoms with E-state index in [2.05, 4.69) is 10.3 Å². The Bertz CT molecular complexity index is 406. The second-order valence-electron chi connectivity index (χ2n) is 4.00. The van der Waals surface area contributed by atoms with Gasteiger partial charge in [0.05, 0.1) is 11.8 Å². The fourth-order valence-electron chi connectivity index (χ4n) is 1.83. The van der Waals surface area contributed by atoms with Gasteiger partial charge >= 0.3 is 0 Å². The van der Waals surface area contributed by atoms with E-state index in [9.17, 15) is 9.18 Å². The minimum Gasteiger partial charge on any atom is -0.336 e. The van der Waals surface area contributed by atoms with Gasteiger partial charge in [0.1, 0.15) is 5.82 Å². The fraction of sp³-hybridized carbons (Fsp3) is 0.455. The number of aromatic nitrogens is 1. The quantitative estimate of drug-likeness (QED) is 0.854. The highest BCUT2D eigenvalue weighted by Gasteiger charge is 2.21. The summed E-state index contributed by atoms with van der Waals surface area (Å²) in [5.74, 6) is -0.630. The Kier molecular flexibility index (Phi) is 7.13. The number of nitrogens with zero attached hydrogens (tertiary/aromatic N) is 2. The van der Waals surface area contributed by atoms with Crippen molar-refractivity contribution in [3.8, 4) is 0 Å². The lowest BCUT2D eigenvalue weighted by molar-refractivity contribution is 0.0708. The smallest absolute Gasteiger partial charge is 0.255 e. The van der Waals surface area contributed by atoms with E-state index in [0.717, 1.165) is 12.7 Å². The molecular formula is C11H16Cl2FN3O. The molecule has 1 aromatic rings. The fourth-order valence-corrected chi connectivity index (χ4v) is 1.83.